The lowest BCUT2D eigenvalue weighted by Crippen LogP contribution is -2.34. The van der Waals surface area contributed by atoms with Crippen molar-refractivity contribution in [3.8, 4) is 5.75 Å². The van der Waals surface area contributed by atoms with Crippen LogP contribution in [0, 0.1) is 0 Å². The molecule has 1 amide bonds. The first kappa shape index (κ1) is 20.3. The second kappa shape index (κ2) is 8.92. The number of carbonyl (C=O) groups excluding carboxylic acids is 1. The Bertz CT molecular complexity index is 673. The largest absolute Gasteiger partial charge is 0.492 e. The number of hydrogen-bond acceptors (Lipinski definition) is 3. The summed E-state index contributed by atoms with van der Waals surface area (Å²) in [6, 6.07) is 14.6. The van der Waals surface area contributed by atoms with E-state index >= 15 is 0 Å². The number of ether oxygens (including phenoxy) is 1. The van der Waals surface area contributed by atoms with Gasteiger partial charge in [0, 0.05) is 17.3 Å². The molecule has 0 spiro atoms. The van der Waals surface area contributed by atoms with Crippen LogP contribution in [0.25, 0.3) is 0 Å². The summed E-state index contributed by atoms with van der Waals surface area (Å²) in [5.74, 6) is 0.623. The minimum absolute atomic E-state index is 0. The Hall–Kier alpha value is -1.75. The van der Waals surface area contributed by atoms with Crippen LogP contribution < -0.4 is 15.8 Å². The van der Waals surface area contributed by atoms with Gasteiger partial charge < -0.3 is 15.8 Å². The summed E-state index contributed by atoms with van der Waals surface area (Å²) in [5.41, 5.74) is 6.28. The van der Waals surface area contributed by atoms with E-state index in [1.54, 1.807) is 30.3 Å². The number of nitrogens with two attached hydrogens (primary N) is 1. The summed E-state index contributed by atoms with van der Waals surface area (Å²) in [6.45, 7) is 4.67. The van der Waals surface area contributed by atoms with Gasteiger partial charge in [-0.05, 0) is 55.8 Å². The van der Waals surface area contributed by atoms with Crippen molar-refractivity contribution in [3.05, 3.63) is 59.1 Å². The van der Waals surface area contributed by atoms with Gasteiger partial charge in [0.05, 0.1) is 5.41 Å². The number of benzene rings is 2. The van der Waals surface area contributed by atoms with Gasteiger partial charge in [0.25, 0.3) is 0 Å². The summed E-state index contributed by atoms with van der Waals surface area (Å²) in [7, 11) is 0. The van der Waals surface area contributed by atoms with Crippen molar-refractivity contribution in [3.63, 3.8) is 0 Å². The van der Waals surface area contributed by atoms with Crippen molar-refractivity contribution in [2.75, 3.05) is 18.5 Å². The van der Waals surface area contributed by atoms with Gasteiger partial charge in [-0.15, -0.1) is 12.4 Å². The standard InChI is InChI=1S/C18H21ClN2O2.ClH/c1-18(2,13-4-3-5-14(19)12-13)17(22)21-15-6-8-16(9-7-15)23-11-10-20;/h3-9,12H,10-11,20H2,1-2H3,(H,21,22);1H. The highest BCUT2D eigenvalue weighted by molar-refractivity contribution is 6.30. The van der Waals surface area contributed by atoms with Crippen LogP contribution >= 0.6 is 24.0 Å². The van der Waals surface area contributed by atoms with Crippen molar-refractivity contribution in [2.45, 2.75) is 19.3 Å². The van der Waals surface area contributed by atoms with Gasteiger partial charge in [0.15, 0.2) is 0 Å². The van der Waals surface area contributed by atoms with E-state index in [0.717, 1.165) is 11.3 Å². The number of carbonyl (C=O) groups is 1. The molecule has 24 heavy (non-hydrogen) atoms. The molecule has 2 rings (SSSR count). The van der Waals surface area contributed by atoms with Crippen molar-refractivity contribution in [2.24, 2.45) is 5.73 Å². The van der Waals surface area contributed by atoms with E-state index in [-0.39, 0.29) is 18.3 Å². The van der Waals surface area contributed by atoms with E-state index in [9.17, 15) is 4.79 Å². The maximum atomic E-state index is 12.6. The summed E-state index contributed by atoms with van der Waals surface area (Å²) in [4.78, 5) is 12.6. The van der Waals surface area contributed by atoms with E-state index in [1.807, 2.05) is 32.0 Å². The van der Waals surface area contributed by atoms with E-state index in [2.05, 4.69) is 5.32 Å². The molecule has 0 saturated heterocycles. The van der Waals surface area contributed by atoms with Crippen LogP contribution in [0.4, 0.5) is 5.69 Å². The monoisotopic (exact) mass is 368 g/mol. The molecule has 0 bridgehead atoms. The minimum Gasteiger partial charge on any atom is -0.492 e. The molecule has 0 radical (unpaired) electrons. The highest BCUT2D eigenvalue weighted by Gasteiger charge is 2.30. The molecule has 0 unspecified atom stereocenters. The molecule has 0 aliphatic carbocycles. The summed E-state index contributed by atoms with van der Waals surface area (Å²) < 4.78 is 5.41. The molecule has 0 aliphatic heterocycles. The molecular weight excluding hydrogens is 347 g/mol. The first-order valence-corrected chi connectivity index (χ1v) is 7.81. The normalized spacial score (nSPS) is 10.7. The Morgan fingerprint density at radius 2 is 1.88 bits per heavy atom. The number of amides is 1. The summed E-state index contributed by atoms with van der Waals surface area (Å²) in [5, 5.41) is 3.54. The molecule has 4 nitrogen and oxygen atoms in total. The van der Waals surface area contributed by atoms with Gasteiger partial charge in [-0.25, -0.2) is 0 Å². The molecule has 0 atom stereocenters. The van der Waals surface area contributed by atoms with Crippen molar-refractivity contribution in [1.82, 2.24) is 0 Å². The first-order chi connectivity index (χ1) is 10.9. The fourth-order valence-corrected chi connectivity index (χ4v) is 2.30. The average molecular weight is 369 g/mol. The Morgan fingerprint density at radius 3 is 2.46 bits per heavy atom. The van der Waals surface area contributed by atoms with Crippen LogP contribution in [-0.4, -0.2) is 19.1 Å². The van der Waals surface area contributed by atoms with E-state index in [4.69, 9.17) is 22.1 Å². The zero-order valence-corrected chi connectivity index (χ0v) is 15.3. The Kier molecular flexibility index (Phi) is 7.55. The van der Waals surface area contributed by atoms with Crippen LogP contribution in [-0.2, 0) is 10.2 Å². The second-order valence-corrected chi connectivity index (χ2v) is 6.19. The lowest BCUT2D eigenvalue weighted by atomic mass is 9.83. The maximum absolute atomic E-state index is 12.6. The van der Waals surface area contributed by atoms with E-state index in [1.165, 1.54) is 0 Å². The maximum Gasteiger partial charge on any atom is 0.234 e. The van der Waals surface area contributed by atoms with Crippen LogP contribution in [0.5, 0.6) is 5.75 Å². The van der Waals surface area contributed by atoms with Crippen molar-refractivity contribution in [1.29, 1.82) is 0 Å². The smallest absolute Gasteiger partial charge is 0.234 e. The van der Waals surface area contributed by atoms with Gasteiger partial charge in [0.1, 0.15) is 12.4 Å². The molecule has 0 aliphatic rings. The SMILES string of the molecule is CC(C)(C(=O)Nc1ccc(OCCN)cc1)c1cccc(Cl)c1.Cl. The van der Waals surface area contributed by atoms with Crippen LogP contribution in [0.2, 0.25) is 5.02 Å². The Labute approximate surface area is 153 Å². The number of rotatable bonds is 6. The zero-order chi connectivity index (χ0) is 16.9. The minimum atomic E-state index is -0.695. The number of anilines is 1. The van der Waals surface area contributed by atoms with Gasteiger partial charge in [-0.1, -0.05) is 23.7 Å². The number of halogens is 2. The molecule has 0 saturated carbocycles. The number of hydrogen-bond donors (Lipinski definition) is 2. The Morgan fingerprint density at radius 1 is 1.21 bits per heavy atom. The Balaban J connectivity index is 0.00000288. The average Bonchev–Trinajstić information content (AvgIpc) is 2.54. The third kappa shape index (κ3) is 5.13. The molecule has 0 heterocycles. The van der Waals surface area contributed by atoms with Crippen LogP contribution in [0.15, 0.2) is 48.5 Å². The third-order valence-corrected chi connectivity index (χ3v) is 3.85. The van der Waals surface area contributed by atoms with Crippen LogP contribution in [0.1, 0.15) is 19.4 Å². The van der Waals surface area contributed by atoms with Crippen LogP contribution in [0.3, 0.4) is 0 Å². The van der Waals surface area contributed by atoms with Gasteiger partial charge in [-0.2, -0.15) is 0 Å². The molecule has 6 heteroatoms. The molecular formula is C18H22Cl2N2O2. The topological polar surface area (TPSA) is 64.3 Å². The van der Waals surface area contributed by atoms with Gasteiger partial charge in [0.2, 0.25) is 5.91 Å². The lowest BCUT2D eigenvalue weighted by Gasteiger charge is -2.24. The quantitative estimate of drug-likeness (QED) is 0.809. The van der Waals surface area contributed by atoms with Crippen molar-refractivity contribution < 1.29 is 9.53 Å². The van der Waals surface area contributed by atoms with Gasteiger partial charge in [-0.3, -0.25) is 4.79 Å². The predicted octanol–water partition coefficient (Wildman–Crippen LogP) is 4.02. The van der Waals surface area contributed by atoms with Crippen molar-refractivity contribution >= 4 is 35.6 Å². The molecule has 130 valence electrons. The fraction of sp³-hybridized carbons (Fsp3) is 0.278. The molecule has 2 aromatic carbocycles. The first-order valence-electron chi connectivity index (χ1n) is 7.44. The fourth-order valence-electron chi connectivity index (χ4n) is 2.11. The highest BCUT2D eigenvalue weighted by atomic mass is 35.5. The summed E-state index contributed by atoms with van der Waals surface area (Å²) >= 11 is 6.02. The summed E-state index contributed by atoms with van der Waals surface area (Å²) in [6.07, 6.45) is 0. The molecule has 3 N–H and O–H groups in total. The number of nitrogens with one attached hydrogen (secondary N) is 1. The lowest BCUT2D eigenvalue weighted by molar-refractivity contribution is -0.120. The van der Waals surface area contributed by atoms with E-state index < -0.39 is 5.41 Å². The predicted molar refractivity (Wildman–Crippen MR) is 101 cm³/mol. The molecule has 0 fully saturated rings. The molecule has 2 aromatic rings. The van der Waals surface area contributed by atoms with E-state index in [0.29, 0.717) is 23.9 Å². The second-order valence-electron chi connectivity index (χ2n) is 5.75. The highest BCUT2D eigenvalue weighted by Crippen LogP contribution is 2.27. The van der Waals surface area contributed by atoms with Gasteiger partial charge >= 0.3 is 0 Å². The third-order valence-electron chi connectivity index (χ3n) is 3.61. The molecule has 0 aromatic heterocycles. The zero-order valence-electron chi connectivity index (χ0n) is 13.7.